The Bertz CT molecular complexity index is 77.3. The standard InChI is InChI=1S/C8H17N.ClH/c1-7(9)6-8-4-2-3-5-8;/h7-8H,2-6,9H2,1H3;1H/t7-;/m1./s1. The molecule has 1 fully saturated rings. The molecule has 0 aromatic rings. The van der Waals surface area contributed by atoms with E-state index in [1.165, 1.54) is 32.1 Å². The third kappa shape index (κ3) is 3.43. The summed E-state index contributed by atoms with van der Waals surface area (Å²) < 4.78 is 0. The molecule has 2 heteroatoms. The molecular weight excluding hydrogens is 146 g/mol. The van der Waals surface area contributed by atoms with E-state index < -0.39 is 0 Å². The molecule has 2 N–H and O–H groups in total. The van der Waals surface area contributed by atoms with Gasteiger partial charge in [-0.15, -0.1) is 12.4 Å². The minimum absolute atomic E-state index is 0. The van der Waals surface area contributed by atoms with Crippen molar-refractivity contribution >= 4 is 12.4 Å². The normalized spacial score (nSPS) is 22.2. The van der Waals surface area contributed by atoms with Crippen LogP contribution in [-0.4, -0.2) is 6.04 Å². The maximum atomic E-state index is 5.67. The molecule has 0 aromatic carbocycles. The summed E-state index contributed by atoms with van der Waals surface area (Å²) in [6.45, 7) is 2.11. The average Bonchev–Trinajstić information content (AvgIpc) is 2.15. The van der Waals surface area contributed by atoms with Crippen LogP contribution in [-0.2, 0) is 0 Å². The fourth-order valence-corrected chi connectivity index (χ4v) is 1.77. The predicted molar refractivity (Wildman–Crippen MR) is 47.5 cm³/mol. The second-order valence-corrected chi connectivity index (χ2v) is 3.36. The first-order chi connectivity index (χ1) is 4.29. The molecule has 1 nitrogen and oxygen atoms in total. The Kier molecular flexibility index (Phi) is 5.10. The molecular formula is C8H18ClN. The van der Waals surface area contributed by atoms with Crippen LogP contribution >= 0.6 is 12.4 Å². The fourth-order valence-electron chi connectivity index (χ4n) is 1.77. The third-order valence-corrected chi connectivity index (χ3v) is 2.18. The zero-order chi connectivity index (χ0) is 6.69. The molecule has 1 atom stereocenters. The molecule has 0 unspecified atom stereocenters. The lowest BCUT2D eigenvalue weighted by Crippen LogP contribution is -2.18. The van der Waals surface area contributed by atoms with Crippen molar-refractivity contribution in [3.05, 3.63) is 0 Å². The van der Waals surface area contributed by atoms with E-state index in [9.17, 15) is 0 Å². The fraction of sp³-hybridized carbons (Fsp3) is 1.00. The van der Waals surface area contributed by atoms with E-state index in [1.54, 1.807) is 0 Å². The number of hydrogen-bond donors (Lipinski definition) is 1. The van der Waals surface area contributed by atoms with E-state index in [0.29, 0.717) is 6.04 Å². The van der Waals surface area contributed by atoms with Crippen molar-refractivity contribution in [2.24, 2.45) is 11.7 Å². The van der Waals surface area contributed by atoms with Gasteiger partial charge in [-0.2, -0.15) is 0 Å². The highest BCUT2D eigenvalue weighted by Crippen LogP contribution is 2.27. The number of nitrogens with two attached hydrogens (primary N) is 1. The van der Waals surface area contributed by atoms with E-state index in [2.05, 4.69) is 6.92 Å². The van der Waals surface area contributed by atoms with Crippen LogP contribution in [0.4, 0.5) is 0 Å². The smallest absolute Gasteiger partial charge is 0.00131 e. The largest absolute Gasteiger partial charge is 0.328 e. The van der Waals surface area contributed by atoms with Gasteiger partial charge in [0.15, 0.2) is 0 Å². The molecule has 0 spiro atoms. The monoisotopic (exact) mass is 163 g/mol. The summed E-state index contributed by atoms with van der Waals surface area (Å²) in [5.41, 5.74) is 5.67. The average molecular weight is 164 g/mol. The minimum atomic E-state index is 0. The number of rotatable bonds is 2. The molecule has 1 aliphatic rings. The van der Waals surface area contributed by atoms with Gasteiger partial charge in [0.2, 0.25) is 0 Å². The summed E-state index contributed by atoms with van der Waals surface area (Å²) in [6, 6.07) is 0.424. The van der Waals surface area contributed by atoms with E-state index in [-0.39, 0.29) is 12.4 Å². The first-order valence-corrected chi connectivity index (χ1v) is 4.04. The summed E-state index contributed by atoms with van der Waals surface area (Å²) in [5.74, 6) is 0.963. The molecule has 1 saturated carbocycles. The molecule has 0 bridgehead atoms. The predicted octanol–water partition coefficient (Wildman–Crippen LogP) is 2.34. The Morgan fingerprint density at radius 3 is 2.30 bits per heavy atom. The van der Waals surface area contributed by atoms with Crippen LogP contribution in [0.1, 0.15) is 39.0 Å². The van der Waals surface area contributed by atoms with Gasteiger partial charge in [-0.05, 0) is 19.3 Å². The van der Waals surface area contributed by atoms with E-state index >= 15 is 0 Å². The first kappa shape index (κ1) is 10.2. The second-order valence-electron chi connectivity index (χ2n) is 3.36. The molecule has 0 amide bonds. The van der Waals surface area contributed by atoms with Gasteiger partial charge >= 0.3 is 0 Å². The molecule has 0 aliphatic heterocycles. The highest BCUT2D eigenvalue weighted by molar-refractivity contribution is 5.85. The highest BCUT2D eigenvalue weighted by Gasteiger charge is 2.15. The van der Waals surface area contributed by atoms with Crippen molar-refractivity contribution in [3.63, 3.8) is 0 Å². The molecule has 1 rings (SSSR count). The van der Waals surface area contributed by atoms with Gasteiger partial charge in [0, 0.05) is 6.04 Å². The van der Waals surface area contributed by atoms with Crippen LogP contribution in [0.15, 0.2) is 0 Å². The van der Waals surface area contributed by atoms with Crippen molar-refractivity contribution in [2.75, 3.05) is 0 Å². The van der Waals surface area contributed by atoms with Gasteiger partial charge in [0.25, 0.3) is 0 Å². The molecule has 0 radical (unpaired) electrons. The number of hydrogen-bond acceptors (Lipinski definition) is 1. The summed E-state index contributed by atoms with van der Waals surface area (Å²) in [6.07, 6.45) is 7.00. The van der Waals surface area contributed by atoms with Crippen molar-refractivity contribution in [1.82, 2.24) is 0 Å². The summed E-state index contributed by atoms with van der Waals surface area (Å²) in [7, 11) is 0. The van der Waals surface area contributed by atoms with E-state index in [0.717, 1.165) is 5.92 Å². The first-order valence-electron chi connectivity index (χ1n) is 4.04. The van der Waals surface area contributed by atoms with Crippen LogP contribution in [0.5, 0.6) is 0 Å². The Morgan fingerprint density at radius 2 is 1.90 bits per heavy atom. The van der Waals surface area contributed by atoms with Crippen LogP contribution in [0.25, 0.3) is 0 Å². The van der Waals surface area contributed by atoms with Crippen molar-refractivity contribution in [1.29, 1.82) is 0 Å². The lowest BCUT2D eigenvalue weighted by Gasteiger charge is -2.10. The van der Waals surface area contributed by atoms with E-state index in [1.807, 2.05) is 0 Å². The van der Waals surface area contributed by atoms with Crippen molar-refractivity contribution in [3.8, 4) is 0 Å². The SMILES string of the molecule is C[C@@H](N)CC1CCCC1.Cl. The Balaban J connectivity index is 0.000000810. The van der Waals surface area contributed by atoms with Gasteiger partial charge in [0.05, 0.1) is 0 Å². The quantitative estimate of drug-likeness (QED) is 0.665. The van der Waals surface area contributed by atoms with Gasteiger partial charge < -0.3 is 5.73 Å². The van der Waals surface area contributed by atoms with Crippen molar-refractivity contribution < 1.29 is 0 Å². The van der Waals surface area contributed by atoms with Gasteiger partial charge in [0.1, 0.15) is 0 Å². The van der Waals surface area contributed by atoms with Gasteiger partial charge in [-0.3, -0.25) is 0 Å². The van der Waals surface area contributed by atoms with Gasteiger partial charge in [-0.25, -0.2) is 0 Å². The third-order valence-electron chi connectivity index (χ3n) is 2.18. The summed E-state index contributed by atoms with van der Waals surface area (Å²) in [4.78, 5) is 0. The van der Waals surface area contributed by atoms with Crippen LogP contribution in [0.2, 0.25) is 0 Å². The summed E-state index contributed by atoms with van der Waals surface area (Å²) >= 11 is 0. The van der Waals surface area contributed by atoms with E-state index in [4.69, 9.17) is 5.73 Å². The maximum Gasteiger partial charge on any atom is 0.00131 e. The summed E-state index contributed by atoms with van der Waals surface area (Å²) in [5, 5.41) is 0. The molecule has 0 aromatic heterocycles. The zero-order valence-corrected chi connectivity index (χ0v) is 7.49. The molecule has 10 heavy (non-hydrogen) atoms. The van der Waals surface area contributed by atoms with Gasteiger partial charge in [-0.1, -0.05) is 25.7 Å². The molecule has 62 valence electrons. The van der Waals surface area contributed by atoms with Crippen LogP contribution in [0, 0.1) is 5.92 Å². The number of halogens is 1. The Hall–Kier alpha value is 0.250. The second kappa shape index (κ2) is 4.97. The zero-order valence-electron chi connectivity index (χ0n) is 6.68. The lowest BCUT2D eigenvalue weighted by atomic mass is 10.0. The topological polar surface area (TPSA) is 26.0 Å². The van der Waals surface area contributed by atoms with Crippen LogP contribution in [0.3, 0.4) is 0 Å². The molecule has 1 aliphatic carbocycles. The maximum absolute atomic E-state index is 5.67. The Labute approximate surface area is 69.8 Å². The lowest BCUT2D eigenvalue weighted by molar-refractivity contribution is 0.459. The van der Waals surface area contributed by atoms with Crippen molar-refractivity contribution in [2.45, 2.75) is 45.1 Å². The molecule has 0 saturated heterocycles. The highest BCUT2D eigenvalue weighted by atomic mass is 35.5. The van der Waals surface area contributed by atoms with Crippen LogP contribution < -0.4 is 5.73 Å². The Morgan fingerprint density at radius 1 is 1.40 bits per heavy atom. The molecule has 0 heterocycles. The minimum Gasteiger partial charge on any atom is -0.328 e.